The molecule has 3 aromatic heterocycles. The number of furan rings is 1. The summed E-state index contributed by atoms with van der Waals surface area (Å²) >= 11 is 0. The van der Waals surface area contributed by atoms with Gasteiger partial charge in [-0.2, -0.15) is 0 Å². The summed E-state index contributed by atoms with van der Waals surface area (Å²) in [6.07, 6.45) is 2.49. The highest BCUT2D eigenvalue weighted by Crippen LogP contribution is 2.30. The predicted molar refractivity (Wildman–Crippen MR) is 148 cm³/mol. The first-order valence-corrected chi connectivity index (χ1v) is 13.2. The number of nitro benzene ring substituents is 1. The van der Waals surface area contributed by atoms with Crippen LogP contribution in [0.3, 0.4) is 0 Å². The lowest BCUT2D eigenvalue weighted by atomic mass is 10.0. The van der Waals surface area contributed by atoms with Crippen LogP contribution in [0.25, 0.3) is 10.9 Å². The summed E-state index contributed by atoms with van der Waals surface area (Å²) in [7, 11) is 0. The predicted octanol–water partition coefficient (Wildman–Crippen LogP) is 3.54. The maximum Gasteiger partial charge on any atom is 0.269 e. The Morgan fingerprint density at radius 1 is 1.07 bits per heavy atom. The van der Waals surface area contributed by atoms with Gasteiger partial charge in [-0.15, -0.1) is 5.10 Å². The van der Waals surface area contributed by atoms with Crippen molar-refractivity contribution < 1.29 is 9.34 Å². The summed E-state index contributed by atoms with van der Waals surface area (Å²) in [6, 6.07) is 17.8. The summed E-state index contributed by atoms with van der Waals surface area (Å²) in [5.41, 5.74) is 3.32. The second-order valence-corrected chi connectivity index (χ2v) is 9.80. The van der Waals surface area contributed by atoms with Gasteiger partial charge in [0.2, 0.25) is 0 Å². The molecule has 1 atom stereocenters. The number of piperazine rings is 1. The summed E-state index contributed by atoms with van der Waals surface area (Å²) in [5.74, 6) is 1.26. The van der Waals surface area contributed by atoms with Crippen LogP contribution in [-0.4, -0.2) is 61.2 Å². The molecule has 1 aliphatic rings. The molecule has 4 heterocycles. The van der Waals surface area contributed by atoms with E-state index in [1.165, 1.54) is 17.7 Å². The van der Waals surface area contributed by atoms with Crippen LogP contribution in [0.2, 0.25) is 0 Å². The zero-order valence-electron chi connectivity index (χ0n) is 21.9. The molecule has 204 valence electrons. The normalized spacial score (nSPS) is 15.0. The Morgan fingerprint density at radius 2 is 1.88 bits per heavy atom. The fourth-order valence-corrected chi connectivity index (χ4v) is 5.29. The molecule has 1 aliphatic heterocycles. The molecule has 40 heavy (non-hydrogen) atoms. The van der Waals surface area contributed by atoms with E-state index >= 15 is 0 Å². The average Bonchev–Trinajstić information content (AvgIpc) is 3.66. The second kappa shape index (κ2) is 10.7. The van der Waals surface area contributed by atoms with Crippen molar-refractivity contribution in [2.24, 2.45) is 0 Å². The molecule has 0 amide bonds. The van der Waals surface area contributed by atoms with Crippen LogP contribution < -0.4 is 10.5 Å². The molecule has 1 unspecified atom stereocenters. The first kappa shape index (κ1) is 25.4. The van der Waals surface area contributed by atoms with Gasteiger partial charge in [0.05, 0.1) is 11.2 Å². The number of rotatable bonds is 8. The SMILES string of the molecule is CCc1ccc2[nH]c(=O)c(C(c3nnnn3Cc3ccco3)N3CCN(c4ccc([N+](=O)[O-])cc4)CC3)cc2c1. The van der Waals surface area contributed by atoms with Crippen LogP contribution in [0, 0.1) is 10.1 Å². The fraction of sp³-hybridized carbons (Fsp3) is 0.286. The number of pyridine rings is 1. The van der Waals surface area contributed by atoms with Gasteiger partial charge < -0.3 is 14.3 Å². The number of non-ortho nitro benzene ring substituents is 1. The van der Waals surface area contributed by atoms with E-state index in [-0.39, 0.29) is 11.2 Å². The van der Waals surface area contributed by atoms with Crippen molar-refractivity contribution in [3.8, 4) is 0 Å². The number of nitro groups is 1. The smallest absolute Gasteiger partial charge is 0.269 e. The number of anilines is 1. The van der Waals surface area contributed by atoms with Crippen LogP contribution in [0.4, 0.5) is 11.4 Å². The van der Waals surface area contributed by atoms with Gasteiger partial charge in [-0.3, -0.25) is 19.8 Å². The zero-order valence-corrected chi connectivity index (χ0v) is 21.9. The standard InChI is InChI=1S/C28H28N8O4/c1-2-19-5-10-25-20(16-19)17-24(28(37)29-25)26(27-30-31-32-35(27)18-23-4-3-15-40-23)34-13-11-33(12-14-34)21-6-8-22(9-7-21)36(38)39/h3-10,15-17,26H,2,11-14,18H2,1H3,(H,29,37). The molecule has 0 saturated carbocycles. The van der Waals surface area contributed by atoms with Crippen molar-refractivity contribution >= 4 is 22.3 Å². The number of fused-ring (bicyclic) bond motifs is 1. The largest absolute Gasteiger partial charge is 0.467 e. The van der Waals surface area contributed by atoms with E-state index in [4.69, 9.17) is 4.42 Å². The topological polar surface area (TPSA) is 139 Å². The first-order valence-electron chi connectivity index (χ1n) is 13.2. The van der Waals surface area contributed by atoms with E-state index < -0.39 is 11.0 Å². The van der Waals surface area contributed by atoms with Crippen molar-refractivity contribution in [1.82, 2.24) is 30.1 Å². The maximum atomic E-state index is 13.5. The van der Waals surface area contributed by atoms with Crippen LogP contribution in [0.5, 0.6) is 0 Å². The van der Waals surface area contributed by atoms with Crippen molar-refractivity contribution in [3.05, 3.63) is 110 Å². The maximum absolute atomic E-state index is 13.5. The number of hydrogen-bond donors (Lipinski definition) is 1. The molecule has 0 aliphatic carbocycles. The third-order valence-electron chi connectivity index (χ3n) is 7.44. The average molecular weight is 541 g/mol. The lowest BCUT2D eigenvalue weighted by Gasteiger charge is -2.39. The molecule has 1 fully saturated rings. The van der Waals surface area contributed by atoms with Gasteiger partial charge >= 0.3 is 0 Å². The Morgan fingerprint density at radius 3 is 2.58 bits per heavy atom. The van der Waals surface area contributed by atoms with E-state index in [2.05, 4.69) is 43.3 Å². The van der Waals surface area contributed by atoms with Gasteiger partial charge in [0, 0.05) is 55.1 Å². The number of aromatic nitrogens is 5. The molecular formula is C28H28N8O4. The zero-order chi connectivity index (χ0) is 27.6. The number of aryl methyl sites for hydroxylation is 1. The van der Waals surface area contributed by atoms with Crippen LogP contribution >= 0.6 is 0 Å². The van der Waals surface area contributed by atoms with Crippen LogP contribution in [-0.2, 0) is 13.0 Å². The molecular weight excluding hydrogens is 512 g/mol. The minimum atomic E-state index is -0.498. The molecule has 1 saturated heterocycles. The Bertz CT molecular complexity index is 1690. The van der Waals surface area contributed by atoms with Crippen molar-refractivity contribution in [1.29, 1.82) is 0 Å². The van der Waals surface area contributed by atoms with Gasteiger partial charge in [-0.1, -0.05) is 13.0 Å². The van der Waals surface area contributed by atoms with E-state index in [0.29, 0.717) is 49.9 Å². The minimum Gasteiger partial charge on any atom is -0.467 e. The monoisotopic (exact) mass is 540 g/mol. The van der Waals surface area contributed by atoms with E-state index in [0.717, 1.165) is 23.0 Å². The first-order chi connectivity index (χ1) is 19.5. The van der Waals surface area contributed by atoms with Gasteiger partial charge in [-0.05, 0) is 70.3 Å². The third-order valence-corrected chi connectivity index (χ3v) is 7.44. The van der Waals surface area contributed by atoms with Crippen molar-refractivity contribution in [3.63, 3.8) is 0 Å². The van der Waals surface area contributed by atoms with E-state index in [1.54, 1.807) is 23.1 Å². The number of nitrogens with zero attached hydrogens (tertiary/aromatic N) is 7. The Labute approximate surface area is 229 Å². The van der Waals surface area contributed by atoms with Gasteiger partial charge in [0.25, 0.3) is 11.2 Å². The van der Waals surface area contributed by atoms with Gasteiger partial charge in [-0.25, -0.2) is 4.68 Å². The van der Waals surface area contributed by atoms with Gasteiger partial charge in [0.1, 0.15) is 18.3 Å². The lowest BCUT2D eigenvalue weighted by Crippen LogP contribution is -2.49. The van der Waals surface area contributed by atoms with Gasteiger partial charge in [0.15, 0.2) is 5.82 Å². The molecule has 6 rings (SSSR count). The molecule has 5 aromatic rings. The summed E-state index contributed by atoms with van der Waals surface area (Å²) < 4.78 is 7.22. The number of hydrogen-bond acceptors (Lipinski definition) is 9. The lowest BCUT2D eigenvalue weighted by molar-refractivity contribution is -0.384. The fourth-order valence-electron chi connectivity index (χ4n) is 5.29. The van der Waals surface area contributed by atoms with Crippen LogP contribution in [0.1, 0.15) is 35.7 Å². The highest BCUT2D eigenvalue weighted by Gasteiger charge is 2.33. The third kappa shape index (κ3) is 4.96. The molecule has 0 spiro atoms. The molecule has 0 bridgehead atoms. The van der Waals surface area contributed by atoms with E-state index in [1.807, 2.05) is 30.3 Å². The summed E-state index contributed by atoms with van der Waals surface area (Å²) in [4.78, 5) is 31.6. The summed E-state index contributed by atoms with van der Waals surface area (Å²) in [6.45, 7) is 5.02. The minimum absolute atomic E-state index is 0.0626. The number of tetrazole rings is 1. The Balaban J connectivity index is 1.35. The molecule has 0 radical (unpaired) electrons. The highest BCUT2D eigenvalue weighted by atomic mass is 16.6. The molecule has 12 nitrogen and oxygen atoms in total. The second-order valence-electron chi connectivity index (χ2n) is 9.80. The quantitative estimate of drug-likeness (QED) is 0.231. The number of benzene rings is 2. The highest BCUT2D eigenvalue weighted by molar-refractivity contribution is 5.80. The molecule has 2 aromatic carbocycles. The number of aromatic amines is 1. The number of H-pyrrole nitrogens is 1. The Hall–Kier alpha value is -4.84. The van der Waals surface area contributed by atoms with Crippen molar-refractivity contribution in [2.75, 3.05) is 31.1 Å². The number of nitrogens with one attached hydrogen (secondary N) is 1. The summed E-state index contributed by atoms with van der Waals surface area (Å²) in [5, 5.41) is 24.6. The molecule has 1 N–H and O–H groups in total. The Kier molecular flexibility index (Phi) is 6.83. The van der Waals surface area contributed by atoms with Crippen molar-refractivity contribution in [2.45, 2.75) is 25.9 Å². The molecule has 12 heteroatoms. The van der Waals surface area contributed by atoms with Crippen LogP contribution in [0.15, 0.2) is 76.1 Å². The van der Waals surface area contributed by atoms with E-state index in [9.17, 15) is 14.9 Å².